The van der Waals surface area contributed by atoms with Crippen LogP contribution in [0.3, 0.4) is 0 Å². The summed E-state index contributed by atoms with van der Waals surface area (Å²) < 4.78 is 0. The average Bonchev–Trinajstić information content (AvgIpc) is 2.96. The van der Waals surface area contributed by atoms with Crippen molar-refractivity contribution < 1.29 is 9.59 Å². The van der Waals surface area contributed by atoms with Gasteiger partial charge in [-0.3, -0.25) is 14.5 Å². The SMILES string of the molecule is CC(=O)N1C=Cc2ccccc2[C@@H]1CC(=O)N1CCCN(C)c2nc3ccccc3nc21. The van der Waals surface area contributed by atoms with Gasteiger partial charge in [-0.15, -0.1) is 0 Å². The maximum Gasteiger partial charge on any atom is 0.230 e. The lowest BCUT2D eigenvalue weighted by Crippen LogP contribution is -2.38. The number of benzene rings is 2. The van der Waals surface area contributed by atoms with Gasteiger partial charge in [-0.1, -0.05) is 36.4 Å². The molecule has 1 atom stereocenters. The van der Waals surface area contributed by atoms with Crippen LogP contribution in [-0.4, -0.2) is 46.8 Å². The Hall–Kier alpha value is -3.74. The third-order valence-corrected chi connectivity index (χ3v) is 6.17. The number of carbonyl (C=O) groups excluding carboxylic acids is 2. The Morgan fingerprint density at radius 2 is 1.66 bits per heavy atom. The van der Waals surface area contributed by atoms with Crippen molar-refractivity contribution in [2.24, 2.45) is 0 Å². The van der Waals surface area contributed by atoms with Crippen molar-refractivity contribution in [2.45, 2.75) is 25.8 Å². The summed E-state index contributed by atoms with van der Waals surface area (Å²) in [4.78, 5) is 41.1. The molecule has 0 saturated carbocycles. The van der Waals surface area contributed by atoms with E-state index in [2.05, 4.69) is 4.90 Å². The molecule has 7 nitrogen and oxygen atoms in total. The maximum atomic E-state index is 13.7. The van der Waals surface area contributed by atoms with Gasteiger partial charge in [-0.05, 0) is 35.8 Å². The van der Waals surface area contributed by atoms with E-state index in [4.69, 9.17) is 9.97 Å². The van der Waals surface area contributed by atoms with E-state index in [1.165, 1.54) is 6.92 Å². The number of amides is 2. The van der Waals surface area contributed by atoms with Gasteiger partial charge in [0.2, 0.25) is 11.8 Å². The van der Waals surface area contributed by atoms with E-state index in [-0.39, 0.29) is 24.3 Å². The van der Waals surface area contributed by atoms with Gasteiger partial charge in [0.25, 0.3) is 0 Å². The van der Waals surface area contributed by atoms with Crippen molar-refractivity contribution in [1.82, 2.24) is 14.9 Å². The molecule has 162 valence electrons. The number of rotatable bonds is 2. The van der Waals surface area contributed by atoms with Gasteiger partial charge < -0.3 is 9.80 Å². The normalized spacial score (nSPS) is 17.7. The molecular formula is C25H25N5O2. The van der Waals surface area contributed by atoms with Crippen LogP contribution in [0.1, 0.15) is 36.9 Å². The fourth-order valence-corrected chi connectivity index (χ4v) is 4.53. The lowest BCUT2D eigenvalue weighted by Gasteiger charge is -2.33. The highest BCUT2D eigenvalue weighted by molar-refractivity contribution is 5.97. The summed E-state index contributed by atoms with van der Waals surface area (Å²) in [6, 6.07) is 15.3. The van der Waals surface area contributed by atoms with Gasteiger partial charge in [-0.2, -0.15) is 0 Å². The standard InChI is InChI=1S/C25H25N5O2/c1-17(31)29-15-12-18-8-3-4-9-19(18)22(29)16-23(32)30-14-7-13-28(2)24-25(30)27-21-11-6-5-10-20(21)26-24/h3-6,8-12,15,22H,7,13-14,16H2,1-2H3/t22-/m0/s1. The molecular weight excluding hydrogens is 402 g/mol. The zero-order valence-corrected chi connectivity index (χ0v) is 18.2. The first-order valence-electron chi connectivity index (χ1n) is 10.9. The highest BCUT2D eigenvalue weighted by Gasteiger charge is 2.33. The Bertz CT molecular complexity index is 1240. The molecule has 3 aromatic rings. The van der Waals surface area contributed by atoms with Gasteiger partial charge in [0.05, 0.1) is 23.5 Å². The van der Waals surface area contributed by atoms with Crippen LogP contribution in [-0.2, 0) is 9.59 Å². The van der Waals surface area contributed by atoms with Gasteiger partial charge in [0.1, 0.15) is 0 Å². The molecule has 3 heterocycles. The smallest absolute Gasteiger partial charge is 0.230 e. The monoisotopic (exact) mass is 427 g/mol. The minimum absolute atomic E-state index is 0.0625. The van der Waals surface area contributed by atoms with Gasteiger partial charge in [0, 0.05) is 33.3 Å². The Labute approximate surface area is 187 Å². The zero-order valence-electron chi connectivity index (χ0n) is 18.2. The third kappa shape index (κ3) is 3.49. The van der Waals surface area contributed by atoms with E-state index in [9.17, 15) is 9.59 Å². The molecule has 0 spiro atoms. The highest BCUT2D eigenvalue weighted by atomic mass is 16.2. The number of fused-ring (bicyclic) bond motifs is 3. The van der Waals surface area contributed by atoms with Crippen LogP contribution in [0.25, 0.3) is 17.1 Å². The molecule has 0 aliphatic carbocycles. The quantitative estimate of drug-likeness (QED) is 0.623. The highest BCUT2D eigenvalue weighted by Crippen LogP contribution is 2.36. The van der Waals surface area contributed by atoms with Crippen molar-refractivity contribution in [1.29, 1.82) is 0 Å². The van der Waals surface area contributed by atoms with Crippen molar-refractivity contribution >= 4 is 40.6 Å². The van der Waals surface area contributed by atoms with Crippen LogP contribution in [0, 0.1) is 0 Å². The summed E-state index contributed by atoms with van der Waals surface area (Å²) in [5, 5.41) is 0. The molecule has 0 N–H and O–H groups in total. The van der Waals surface area contributed by atoms with Gasteiger partial charge in [0.15, 0.2) is 11.6 Å². The number of hydrogen-bond donors (Lipinski definition) is 0. The molecule has 5 rings (SSSR count). The van der Waals surface area contributed by atoms with E-state index in [0.717, 1.165) is 35.1 Å². The molecule has 0 bridgehead atoms. The molecule has 2 aromatic carbocycles. The second kappa shape index (κ2) is 8.07. The van der Waals surface area contributed by atoms with Gasteiger partial charge >= 0.3 is 0 Å². The summed E-state index contributed by atoms with van der Waals surface area (Å²) in [7, 11) is 1.98. The summed E-state index contributed by atoms with van der Waals surface area (Å²) in [5.41, 5.74) is 3.58. The van der Waals surface area contributed by atoms with E-state index in [1.54, 1.807) is 16.0 Å². The Morgan fingerprint density at radius 3 is 2.41 bits per heavy atom. The van der Waals surface area contributed by atoms with Crippen LogP contribution in [0.15, 0.2) is 54.7 Å². The predicted molar refractivity (Wildman–Crippen MR) is 125 cm³/mol. The Balaban J connectivity index is 1.53. The van der Waals surface area contributed by atoms with E-state index in [0.29, 0.717) is 18.2 Å². The largest absolute Gasteiger partial charge is 0.357 e. The number of carbonyl (C=O) groups is 2. The van der Waals surface area contributed by atoms with Gasteiger partial charge in [-0.25, -0.2) is 9.97 Å². The van der Waals surface area contributed by atoms with E-state index < -0.39 is 0 Å². The first-order valence-corrected chi connectivity index (χ1v) is 10.9. The molecule has 0 fully saturated rings. The molecule has 32 heavy (non-hydrogen) atoms. The molecule has 0 unspecified atom stereocenters. The number of anilines is 2. The van der Waals surface area contributed by atoms with Crippen LogP contribution >= 0.6 is 0 Å². The molecule has 2 aliphatic rings. The number of para-hydroxylation sites is 2. The summed E-state index contributed by atoms with van der Waals surface area (Å²) in [5.74, 6) is 1.15. The van der Waals surface area contributed by atoms with Crippen molar-refractivity contribution in [3.05, 3.63) is 65.9 Å². The fraction of sp³-hybridized carbons (Fsp3) is 0.280. The fourth-order valence-electron chi connectivity index (χ4n) is 4.53. The number of hydrogen-bond acceptors (Lipinski definition) is 5. The lowest BCUT2D eigenvalue weighted by atomic mass is 9.93. The number of aromatic nitrogens is 2. The minimum Gasteiger partial charge on any atom is -0.357 e. The second-order valence-corrected chi connectivity index (χ2v) is 8.27. The predicted octanol–water partition coefficient (Wildman–Crippen LogP) is 3.77. The Morgan fingerprint density at radius 1 is 0.969 bits per heavy atom. The minimum atomic E-state index is -0.348. The molecule has 2 amide bonds. The lowest BCUT2D eigenvalue weighted by molar-refractivity contribution is -0.129. The van der Waals surface area contributed by atoms with Crippen molar-refractivity contribution in [3.63, 3.8) is 0 Å². The first kappa shape index (κ1) is 20.2. The molecule has 7 heteroatoms. The summed E-state index contributed by atoms with van der Waals surface area (Å²) in [6.07, 6.45) is 4.69. The van der Waals surface area contributed by atoms with Crippen LogP contribution in [0.4, 0.5) is 11.6 Å². The number of nitrogens with zero attached hydrogens (tertiary/aromatic N) is 5. The van der Waals surface area contributed by atoms with Crippen LogP contribution < -0.4 is 9.80 Å². The van der Waals surface area contributed by atoms with E-state index >= 15 is 0 Å². The van der Waals surface area contributed by atoms with Crippen LogP contribution in [0.5, 0.6) is 0 Å². The first-order chi connectivity index (χ1) is 15.5. The molecule has 2 aliphatic heterocycles. The average molecular weight is 428 g/mol. The zero-order chi connectivity index (χ0) is 22.2. The van der Waals surface area contributed by atoms with Crippen molar-refractivity contribution in [3.8, 4) is 0 Å². The molecule has 0 saturated heterocycles. The third-order valence-electron chi connectivity index (χ3n) is 6.17. The Kier molecular flexibility index (Phi) is 5.09. The maximum absolute atomic E-state index is 13.7. The summed E-state index contributed by atoms with van der Waals surface area (Å²) in [6.45, 7) is 2.88. The topological polar surface area (TPSA) is 69.6 Å². The van der Waals surface area contributed by atoms with E-state index in [1.807, 2.05) is 61.7 Å². The van der Waals surface area contributed by atoms with Crippen molar-refractivity contribution in [2.75, 3.05) is 29.9 Å². The summed E-state index contributed by atoms with van der Waals surface area (Å²) >= 11 is 0. The van der Waals surface area contributed by atoms with Crippen LogP contribution in [0.2, 0.25) is 0 Å². The second-order valence-electron chi connectivity index (χ2n) is 8.27. The molecule has 0 radical (unpaired) electrons. The molecule has 1 aromatic heterocycles.